The molecule has 0 aromatic heterocycles. The third-order valence-corrected chi connectivity index (χ3v) is 3.98. The molecule has 2 aliphatic rings. The predicted octanol–water partition coefficient (Wildman–Crippen LogP) is 2.62. The summed E-state index contributed by atoms with van der Waals surface area (Å²) >= 11 is 0. The number of likely N-dealkylation sites (tertiary alicyclic amines) is 1. The van der Waals surface area contributed by atoms with Crippen molar-refractivity contribution in [3.63, 3.8) is 0 Å². The molecule has 2 fully saturated rings. The minimum absolute atomic E-state index is 0.398. The zero-order chi connectivity index (χ0) is 9.80. The van der Waals surface area contributed by atoms with Crippen LogP contribution in [0.3, 0.4) is 0 Å². The van der Waals surface area contributed by atoms with E-state index in [0.29, 0.717) is 5.54 Å². The van der Waals surface area contributed by atoms with Crippen molar-refractivity contribution >= 4 is 0 Å². The summed E-state index contributed by atoms with van der Waals surface area (Å²) in [6.45, 7) is 14.5. The number of hydrogen-bond donors (Lipinski definition) is 0. The molecule has 0 radical (unpaired) electrons. The monoisotopic (exact) mass is 181 g/mol. The number of rotatable bonds is 1. The van der Waals surface area contributed by atoms with Gasteiger partial charge in [-0.05, 0) is 44.4 Å². The number of piperidine rings is 1. The molecule has 1 heteroatoms. The third-order valence-electron chi connectivity index (χ3n) is 3.98. The van der Waals surface area contributed by atoms with Crippen molar-refractivity contribution in [2.45, 2.75) is 40.2 Å². The summed E-state index contributed by atoms with van der Waals surface area (Å²) in [5, 5.41) is 0. The molecule has 0 amide bonds. The summed E-state index contributed by atoms with van der Waals surface area (Å²) in [4.78, 5) is 2.65. The van der Waals surface area contributed by atoms with E-state index in [-0.39, 0.29) is 0 Å². The van der Waals surface area contributed by atoms with Crippen molar-refractivity contribution in [2.75, 3.05) is 13.1 Å². The van der Waals surface area contributed by atoms with E-state index in [1.165, 1.54) is 13.1 Å². The molecule has 13 heavy (non-hydrogen) atoms. The van der Waals surface area contributed by atoms with E-state index in [0.717, 1.165) is 23.7 Å². The molecule has 1 heterocycles. The zero-order valence-corrected chi connectivity index (χ0v) is 9.67. The Morgan fingerprint density at radius 3 is 1.85 bits per heavy atom. The molecule has 2 atom stereocenters. The van der Waals surface area contributed by atoms with Crippen molar-refractivity contribution in [3.05, 3.63) is 0 Å². The average molecular weight is 181 g/mol. The maximum atomic E-state index is 2.65. The molecular weight excluding hydrogens is 158 g/mol. The van der Waals surface area contributed by atoms with Gasteiger partial charge in [0.15, 0.2) is 0 Å². The summed E-state index contributed by atoms with van der Waals surface area (Å²) in [6, 6.07) is 0. The fourth-order valence-electron chi connectivity index (χ4n) is 3.11. The van der Waals surface area contributed by atoms with Crippen LogP contribution in [0.15, 0.2) is 0 Å². The van der Waals surface area contributed by atoms with E-state index in [9.17, 15) is 0 Å². The van der Waals surface area contributed by atoms with Gasteiger partial charge in [0.25, 0.3) is 0 Å². The minimum atomic E-state index is 0.398. The molecule has 2 unspecified atom stereocenters. The Balaban J connectivity index is 1.90. The maximum Gasteiger partial charge on any atom is 0.0125 e. The largest absolute Gasteiger partial charge is 0.298 e. The van der Waals surface area contributed by atoms with E-state index < -0.39 is 0 Å². The first kappa shape index (κ1) is 9.51. The van der Waals surface area contributed by atoms with E-state index in [1.54, 1.807) is 0 Å². The van der Waals surface area contributed by atoms with Crippen LogP contribution in [-0.2, 0) is 0 Å². The lowest BCUT2D eigenvalue weighted by molar-refractivity contribution is 0.141. The molecule has 1 aliphatic carbocycles. The molecule has 1 saturated carbocycles. The van der Waals surface area contributed by atoms with Gasteiger partial charge in [-0.2, -0.15) is 0 Å². The zero-order valence-electron chi connectivity index (χ0n) is 9.67. The Labute approximate surface area is 82.5 Å². The first-order valence-electron chi connectivity index (χ1n) is 5.66. The van der Waals surface area contributed by atoms with Crippen LogP contribution < -0.4 is 0 Å². The highest BCUT2D eigenvalue weighted by Crippen LogP contribution is 2.56. The van der Waals surface area contributed by atoms with Crippen LogP contribution in [0.2, 0.25) is 0 Å². The first-order valence-corrected chi connectivity index (χ1v) is 5.66. The lowest BCUT2D eigenvalue weighted by Gasteiger charge is -2.34. The Morgan fingerprint density at radius 1 is 1.08 bits per heavy atom. The van der Waals surface area contributed by atoms with Crippen LogP contribution in [0.5, 0.6) is 0 Å². The van der Waals surface area contributed by atoms with Gasteiger partial charge in [-0.3, -0.25) is 4.90 Å². The van der Waals surface area contributed by atoms with Gasteiger partial charge < -0.3 is 0 Å². The first-order chi connectivity index (χ1) is 5.91. The second-order valence-electron chi connectivity index (χ2n) is 6.22. The van der Waals surface area contributed by atoms with E-state index in [2.05, 4.69) is 39.5 Å². The Hall–Kier alpha value is -0.0400. The van der Waals surface area contributed by atoms with Crippen molar-refractivity contribution in [1.82, 2.24) is 4.90 Å². The van der Waals surface area contributed by atoms with Gasteiger partial charge in [-0.15, -0.1) is 0 Å². The van der Waals surface area contributed by atoms with E-state index >= 15 is 0 Å². The number of nitrogens with zero attached hydrogens (tertiary/aromatic N) is 1. The highest BCUT2D eigenvalue weighted by molar-refractivity contribution is 5.07. The predicted molar refractivity (Wildman–Crippen MR) is 56.6 cm³/mol. The summed E-state index contributed by atoms with van der Waals surface area (Å²) in [7, 11) is 0. The average Bonchev–Trinajstić information content (AvgIpc) is 2.46. The third kappa shape index (κ3) is 1.52. The summed E-state index contributed by atoms with van der Waals surface area (Å²) in [5.74, 6) is 4.05. The molecule has 1 aliphatic heterocycles. The van der Waals surface area contributed by atoms with Gasteiger partial charge in [0.05, 0.1) is 0 Å². The minimum Gasteiger partial charge on any atom is -0.298 e. The molecule has 0 spiro atoms. The molecule has 0 bridgehead atoms. The van der Waals surface area contributed by atoms with Crippen LogP contribution in [0.4, 0.5) is 0 Å². The van der Waals surface area contributed by atoms with Gasteiger partial charge >= 0.3 is 0 Å². The smallest absolute Gasteiger partial charge is 0.0125 e. The second kappa shape index (κ2) is 2.73. The van der Waals surface area contributed by atoms with Gasteiger partial charge in [0.1, 0.15) is 0 Å². The maximum absolute atomic E-state index is 2.65. The Morgan fingerprint density at radius 2 is 1.54 bits per heavy atom. The molecule has 0 aromatic rings. The van der Waals surface area contributed by atoms with Gasteiger partial charge in [-0.25, -0.2) is 0 Å². The van der Waals surface area contributed by atoms with Crippen LogP contribution in [0.25, 0.3) is 0 Å². The highest BCUT2D eigenvalue weighted by Gasteiger charge is 2.57. The normalized spacial score (nSPS) is 39.7. The number of hydrogen-bond acceptors (Lipinski definition) is 1. The highest BCUT2D eigenvalue weighted by atomic mass is 15.2. The van der Waals surface area contributed by atoms with Gasteiger partial charge in [-0.1, -0.05) is 13.8 Å². The SMILES string of the molecule is CC(C)C1C2CN(C(C)(C)C)CC21. The van der Waals surface area contributed by atoms with Gasteiger partial charge in [0.2, 0.25) is 0 Å². The fourth-order valence-corrected chi connectivity index (χ4v) is 3.11. The second-order valence-corrected chi connectivity index (χ2v) is 6.22. The van der Waals surface area contributed by atoms with Crippen LogP contribution >= 0.6 is 0 Å². The molecule has 76 valence electrons. The summed E-state index contributed by atoms with van der Waals surface area (Å²) < 4.78 is 0. The van der Waals surface area contributed by atoms with Crippen LogP contribution in [-0.4, -0.2) is 23.5 Å². The van der Waals surface area contributed by atoms with Crippen molar-refractivity contribution in [3.8, 4) is 0 Å². The molecule has 0 aromatic carbocycles. The number of fused-ring (bicyclic) bond motifs is 1. The Kier molecular flexibility index (Phi) is 1.99. The summed E-state index contributed by atoms with van der Waals surface area (Å²) in [6.07, 6.45) is 0. The fraction of sp³-hybridized carbons (Fsp3) is 1.00. The lowest BCUT2D eigenvalue weighted by Crippen LogP contribution is -2.41. The summed E-state index contributed by atoms with van der Waals surface area (Å²) in [5.41, 5.74) is 0.398. The topological polar surface area (TPSA) is 3.24 Å². The van der Waals surface area contributed by atoms with E-state index in [1.807, 2.05) is 0 Å². The lowest BCUT2D eigenvalue weighted by atomic mass is 10.0. The molecule has 1 saturated heterocycles. The standard InChI is InChI=1S/C12H23N/c1-8(2)11-9-6-13(7-10(9)11)12(3,4)5/h8-11H,6-7H2,1-5H3. The quantitative estimate of drug-likeness (QED) is 0.601. The molecule has 2 rings (SSSR count). The van der Waals surface area contributed by atoms with Crippen LogP contribution in [0.1, 0.15) is 34.6 Å². The van der Waals surface area contributed by atoms with Crippen molar-refractivity contribution in [2.24, 2.45) is 23.7 Å². The van der Waals surface area contributed by atoms with E-state index in [4.69, 9.17) is 0 Å². The van der Waals surface area contributed by atoms with Crippen molar-refractivity contribution < 1.29 is 0 Å². The molecule has 1 nitrogen and oxygen atoms in total. The van der Waals surface area contributed by atoms with Crippen molar-refractivity contribution in [1.29, 1.82) is 0 Å². The Bertz CT molecular complexity index is 190. The van der Waals surface area contributed by atoms with Gasteiger partial charge in [0, 0.05) is 18.6 Å². The molecule has 0 N–H and O–H groups in total. The molecular formula is C12H23N. The van der Waals surface area contributed by atoms with Crippen LogP contribution in [0, 0.1) is 23.7 Å².